The highest BCUT2D eigenvalue weighted by Crippen LogP contribution is 2.25. The van der Waals surface area contributed by atoms with E-state index >= 15 is 0 Å². The van der Waals surface area contributed by atoms with Gasteiger partial charge in [0, 0.05) is 18.2 Å². The summed E-state index contributed by atoms with van der Waals surface area (Å²) in [5.41, 5.74) is 0.837. The van der Waals surface area contributed by atoms with E-state index < -0.39 is 0 Å². The summed E-state index contributed by atoms with van der Waals surface area (Å²) in [6.07, 6.45) is 0. The van der Waals surface area contributed by atoms with E-state index in [1.165, 1.54) is 0 Å². The van der Waals surface area contributed by atoms with Crippen LogP contribution in [0, 0.1) is 0 Å². The maximum Gasteiger partial charge on any atom is 0.0661 e. The van der Waals surface area contributed by atoms with Gasteiger partial charge in [-0.25, -0.2) is 0 Å². The lowest BCUT2D eigenvalue weighted by molar-refractivity contribution is 0.190. The van der Waals surface area contributed by atoms with Gasteiger partial charge >= 0.3 is 0 Å². The van der Waals surface area contributed by atoms with Crippen LogP contribution in [-0.2, 0) is 4.74 Å². The van der Waals surface area contributed by atoms with Crippen molar-refractivity contribution in [2.24, 2.45) is 0 Å². The third-order valence-corrected chi connectivity index (χ3v) is 2.31. The molecule has 78 valence electrons. The molecule has 0 saturated heterocycles. The fraction of sp³-hybridized carbons (Fsp3) is 0.400. The molecule has 1 unspecified atom stereocenters. The number of anilines is 1. The molecule has 1 aromatic rings. The molecule has 1 atom stereocenters. The third kappa shape index (κ3) is 3.37. The monoisotopic (exact) mass is 233 g/mol. The van der Waals surface area contributed by atoms with Crippen LogP contribution in [0.25, 0.3) is 0 Å². The summed E-state index contributed by atoms with van der Waals surface area (Å²) in [6, 6.07) is 5.54. The Labute approximate surface area is 94.2 Å². The van der Waals surface area contributed by atoms with Crippen LogP contribution in [0.4, 0.5) is 5.69 Å². The van der Waals surface area contributed by atoms with Gasteiger partial charge in [0.25, 0.3) is 0 Å². The Morgan fingerprint density at radius 2 is 2.14 bits per heavy atom. The van der Waals surface area contributed by atoms with E-state index in [1.54, 1.807) is 25.3 Å². The molecule has 0 spiro atoms. The summed E-state index contributed by atoms with van der Waals surface area (Å²) in [6.45, 7) is 2.64. The van der Waals surface area contributed by atoms with E-state index in [0.29, 0.717) is 16.7 Å². The van der Waals surface area contributed by atoms with Crippen LogP contribution in [0.5, 0.6) is 0 Å². The van der Waals surface area contributed by atoms with Crippen LogP contribution in [0.15, 0.2) is 18.2 Å². The highest BCUT2D eigenvalue weighted by molar-refractivity contribution is 6.35. The van der Waals surface area contributed by atoms with Gasteiger partial charge in [-0.05, 0) is 25.1 Å². The second-order valence-corrected chi connectivity index (χ2v) is 3.97. The van der Waals surface area contributed by atoms with Crippen LogP contribution in [0.2, 0.25) is 10.0 Å². The smallest absolute Gasteiger partial charge is 0.0661 e. The van der Waals surface area contributed by atoms with Crippen molar-refractivity contribution in [3.8, 4) is 0 Å². The number of methoxy groups -OCH3 is 1. The topological polar surface area (TPSA) is 21.3 Å². The maximum atomic E-state index is 5.98. The number of hydrogen-bond acceptors (Lipinski definition) is 2. The minimum atomic E-state index is 0.205. The van der Waals surface area contributed by atoms with E-state index in [1.807, 2.05) is 6.92 Å². The molecule has 14 heavy (non-hydrogen) atoms. The van der Waals surface area contributed by atoms with Gasteiger partial charge in [0.15, 0.2) is 0 Å². The SMILES string of the molecule is COCC(C)Nc1cc(Cl)ccc1Cl. The highest BCUT2D eigenvalue weighted by atomic mass is 35.5. The number of hydrogen-bond donors (Lipinski definition) is 1. The van der Waals surface area contributed by atoms with Crippen LogP contribution in [-0.4, -0.2) is 19.8 Å². The van der Waals surface area contributed by atoms with Crippen LogP contribution in [0.1, 0.15) is 6.92 Å². The van der Waals surface area contributed by atoms with E-state index in [0.717, 1.165) is 5.69 Å². The first-order chi connectivity index (χ1) is 6.63. The summed E-state index contributed by atoms with van der Waals surface area (Å²) in [4.78, 5) is 0. The molecule has 0 aliphatic rings. The molecular weight excluding hydrogens is 221 g/mol. The third-order valence-electron chi connectivity index (χ3n) is 1.75. The number of halogens is 2. The van der Waals surface area contributed by atoms with Crippen molar-refractivity contribution in [2.45, 2.75) is 13.0 Å². The van der Waals surface area contributed by atoms with Crippen molar-refractivity contribution in [2.75, 3.05) is 19.0 Å². The molecule has 0 amide bonds. The summed E-state index contributed by atoms with van der Waals surface area (Å²) in [5.74, 6) is 0. The van der Waals surface area contributed by atoms with E-state index in [-0.39, 0.29) is 6.04 Å². The molecule has 0 radical (unpaired) electrons. The molecule has 1 N–H and O–H groups in total. The molecule has 0 aliphatic heterocycles. The lowest BCUT2D eigenvalue weighted by atomic mass is 10.3. The molecule has 0 heterocycles. The minimum Gasteiger partial charge on any atom is -0.383 e. The first-order valence-electron chi connectivity index (χ1n) is 4.34. The highest BCUT2D eigenvalue weighted by Gasteiger charge is 2.05. The van der Waals surface area contributed by atoms with Gasteiger partial charge in [0.2, 0.25) is 0 Å². The molecule has 0 aliphatic carbocycles. The second-order valence-electron chi connectivity index (χ2n) is 3.12. The Morgan fingerprint density at radius 1 is 1.43 bits per heavy atom. The summed E-state index contributed by atoms with van der Waals surface area (Å²) in [5, 5.41) is 4.54. The van der Waals surface area contributed by atoms with E-state index in [4.69, 9.17) is 27.9 Å². The van der Waals surface area contributed by atoms with Crippen LogP contribution < -0.4 is 5.32 Å². The predicted octanol–water partition coefficient (Wildman–Crippen LogP) is 3.44. The first kappa shape index (κ1) is 11.6. The zero-order valence-corrected chi connectivity index (χ0v) is 9.69. The molecule has 1 rings (SSSR count). The average Bonchev–Trinajstić information content (AvgIpc) is 2.12. The second kappa shape index (κ2) is 5.44. The van der Waals surface area contributed by atoms with Gasteiger partial charge < -0.3 is 10.1 Å². The molecule has 2 nitrogen and oxygen atoms in total. The summed E-state index contributed by atoms with van der Waals surface area (Å²) >= 11 is 11.8. The van der Waals surface area contributed by atoms with Gasteiger partial charge in [-0.1, -0.05) is 23.2 Å². The Morgan fingerprint density at radius 3 is 2.79 bits per heavy atom. The number of benzene rings is 1. The van der Waals surface area contributed by atoms with Gasteiger partial charge in [-0.15, -0.1) is 0 Å². The summed E-state index contributed by atoms with van der Waals surface area (Å²) < 4.78 is 5.01. The molecule has 0 fully saturated rings. The van der Waals surface area contributed by atoms with Crippen molar-refractivity contribution in [1.82, 2.24) is 0 Å². The Hall–Kier alpha value is -0.440. The average molecular weight is 234 g/mol. The molecule has 0 saturated carbocycles. The van der Waals surface area contributed by atoms with Crippen molar-refractivity contribution >= 4 is 28.9 Å². The van der Waals surface area contributed by atoms with E-state index in [9.17, 15) is 0 Å². The Balaban J connectivity index is 2.70. The quantitative estimate of drug-likeness (QED) is 0.861. The largest absolute Gasteiger partial charge is 0.383 e. The molecule has 0 aromatic heterocycles. The zero-order valence-electron chi connectivity index (χ0n) is 8.18. The molecular formula is C10H13Cl2NO. The van der Waals surface area contributed by atoms with E-state index in [2.05, 4.69) is 5.32 Å². The van der Waals surface area contributed by atoms with Crippen molar-refractivity contribution in [1.29, 1.82) is 0 Å². The molecule has 4 heteroatoms. The lowest BCUT2D eigenvalue weighted by Gasteiger charge is -2.15. The predicted molar refractivity (Wildman–Crippen MR) is 61.4 cm³/mol. The Bertz CT molecular complexity index is 304. The standard InChI is InChI=1S/C10H13Cl2NO/c1-7(6-14-2)13-10-5-8(11)3-4-9(10)12/h3-5,7,13H,6H2,1-2H3. The lowest BCUT2D eigenvalue weighted by Crippen LogP contribution is -2.20. The van der Waals surface area contributed by atoms with Crippen molar-refractivity contribution in [3.63, 3.8) is 0 Å². The van der Waals surface area contributed by atoms with Crippen molar-refractivity contribution < 1.29 is 4.74 Å². The number of ether oxygens (including phenoxy) is 1. The Kier molecular flexibility index (Phi) is 4.52. The van der Waals surface area contributed by atoms with Gasteiger partial charge in [0.05, 0.1) is 17.3 Å². The van der Waals surface area contributed by atoms with Crippen LogP contribution >= 0.6 is 23.2 Å². The van der Waals surface area contributed by atoms with Crippen LogP contribution in [0.3, 0.4) is 0 Å². The maximum absolute atomic E-state index is 5.98. The fourth-order valence-corrected chi connectivity index (χ4v) is 1.51. The van der Waals surface area contributed by atoms with Gasteiger partial charge in [-0.3, -0.25) is 0 Å². The van der Waals surface area contributed by atoms with Crippen molar-refractivity contribution in [3.05, 3.63) is 28.2 Å². The summed E-state index contributed by atoms with van der Waals surface area (Å²) in [7, 11) is 1.66. The number of nitrogens with one attached hydrogen (secondary N) is 1. The van der Waals surface area contributed by atoms with Gasteiger partial charge in [-0.2, -0.15) is 0 Å². The molecule has 0 bridgehead atoms. The minimum absolute atomic E-state index is 0.205. The fourth-order valence-electron chi connectivity index (χ4n) is 1.17. The van der Waals surface area contributed by atoms with Gasteiger partial charge in [0.1, 0.15) is 0 Å². The molecule has 1 aromatic carbocycles. The zero-order chi connectivity index (χ0) is 10.6. The number of rotatable bonds is 4. The normalized spacial score (nSPS) is 12.6. The first-order valence-corrected chi connectivity index (χ1v) is 5.09.